The minimum Gasteiger partial charge on any atom is -0.338 e. The molecule has 0 unspecified atom stereocenters. The van der Waals surface area contributed by atoms with E-state index in [4.69, 9.17) is 0 Å². The highest BCUT2D eigenvalue weighted by Gasteiger charge is 2.24. The Morgan fingerprint density at radius 1 is 1.29 bits per heavy atom. The first-order chi connectivity index (χ1) is 9.61. The first kappa shape index (κ1) is 17.7. The summed E-state index contributed by atoms with van der Waals surface area (Å²) >= 11 is 3.43. The van der Waals surface area contributed by atoms with Crippen LogP contribution in [0.4, 0.5) is 5.69 Å². The molecule has 0 aliphatic heterocycles. The zero-order valence-electron chi connectivity index (χ0n) is 13.3. The lowest BCUT2D eigenvalue weighted by atomic mass is 10.1. The number of anilines is 1. The molecule has 4 nitrogen and oxygen atoms in total. The van der Waals surface area contributed by atoms with Crippen molar-refractivity contribution >= 4 is 33.4 Å². The minimum absolute atomic E-state index is 0.0215. The zero-order valence-corrected chi connectivity index (χ0v) is 14.9. The lowest BCUT2D eigenvalue weighted by molar-refractivity contribution is -0.134. The number of nitrogens with zero attached hydrogens (tertiary/aromatic N) is 1. The van der Waals surface area contributed by atoms with Crippen LogP contribution in [0, 0.1) is 6.92 Å². The Labute approximate surface area is 135 Å². The summed E-state index contributed by atoms with van der Waals surface area (Å²) in [6.07, 6.45) is 0.275. The molecule has 0 bridgehead atoms. The molecule has 0 atom stereocenters. The number of halogens is 1. The quantitative estimate of drug-likeness (QED) is 0.895. The van der Waals surface area contributed by atoms with Crippen LogP contribution in [-0.2, 0) is 9.59 Å². The van der Waals surface area contributed by atoms with E-state index in [0.717, 1.165) is 15.7 Å². The van der Waals surface area contributed by atoms with Gasteiger partial charge in [-0.1, -0.05) is 6.07 Å². The molecular formula is C16H23BrN2O2. The summed E-state index contributed by atoms with van der Waals surface area (Å²) in [6, 6.07) is 5.76. The maximum absolute atomic E-state index is 12.0. The van der Waals surface area contributed by atoms with Crippen LogP contribution in [0.3, 0.4) is 0 Å². The highest BCUT2D eigenvalue weighted by atomic mass is 79.9. The fourth-order valence-corrected chi connectivity index (χ4v) is 2.71. The second-order valence-corrected chi connectivity index (χ2v) is 6.98. The summed E-state index contributed by atoms with van der Waals surface area (Å²) in [4.78, 5) is 25.4. The molecule has 0 saturated carbocycles. The Balaban J connectivity index is 2.63. The van der Waals surface area contributed by atoms with Crippen molar-refractivity contribution in [3.63, 3.8) is 0 Å². The Hall–Kier alpha value is -1.36. The molecule has 0 aliphatic rings. The Morgan fingerprint density at radius 2 is 1.90 bits per heavy atom. The van der Waals surface area contributed by atoms with Gasteiger partial charge in [0.05, 0.1) is 5.69 Å². The average molecular weight is 355 g/mol. The molecule has 21 heavy (non-hydrogen) atoms. The van der Waals surface area contributed by atoms with Gasteiger partial charge >= 0.3 is 0 Å². The largest absolute Gasteiger partial charge is 0.338 e. The fraction of sp³-hybridized carbons (Fsp3) is 0.500. The number of aryl methyl sites for hydroxylation is 1. The normalized spacial score (nSPS) is 11.1. The highest BCUT2D eigenvalue weighted by molar-refractivity contribution is 9.10. The Bertz CT molecular complexity index is 536. The van der Waals surface area contributed by atoms with Crippen LogP contribution in [0.1, 0.15) is 39.7 Å². The van der Waals surface area contributed by atoms with Crippen molar-refractivity contribution in [2.75, 3.05) is 11.9 Å². The van der Waals surface area contributed by atoms with Gasteiger partial charge in [0.25, 0.3) is 0 Å². The number of carbonyl (C=O) groups excluding carboxylic acids is 2. The highest BCUT2D eigenvalue weighted by Crippen LogP contribution is 2.23. The number of nitrogens with one attached hydrogen (secondary N) is 1. The second-order valence-electron chi connectivity index (χ2n) is 6.12. The molecule has 1 aromatic rings. The molecule has 0 radical (unpaired) electrons. The maximum Gasteiger partial charge on any atom is 0.226 e. The molecule has 116 valence electrons. The SMILES string of the molecule is CC(=O)N(CCC(=O)Nc1ccc(C)cc1Br)C(C)(C)C. The smallest absolute Gasteiger partial charge is 0.226 e. The van der Waals surface area contributed by atoms with Crippen LogP contribution in [0.2, 0.25) is 0 Å². The monoisotopic (exact) mass is 354 g/mol. The molecule has 1 rings (SSSR count). The number of benzene rings is 1. The summed E-state index contributed by atoms with van der Waals surface area (Å²) in [6.45, 7) is 9.81. The second kappa shape index (κ2) is 7.07. The van der Waals surface area contributed by atoms with E-state index < -0.39 is 0 Å². The summed E-state index contributed by atoms with van der Waals surface area (Å²) in [5, 5.41) is 2.86. The van der Waals surface area contributed by atoms with E-state index in [1.807, 2.05) is 45.9 Å². The summed E-state index contributed by atoms with van der Waals surface area (Å²) in [5.74, 6) is -0.123. The van der Waals surface area contributed by atoms with Gasteiger partial charge in [0.1, 0.15) is 0 Å². The molecule has 0 aliphatic carbocycles. The van der Waals surface area contributed by atoms with Gasteiger partial charge in [-0.15, -0.1) is 0 Å². The van der Waals surface area contributed by atoms with Gasteiger partial charge in [-0.2, -0.15) is 0 Å². The number of amides is 2. The lowest BCUT2D eigenvalue weighted by Crippen LogP contribution is -2.45. The fourth-order valence-electron chi connectivity index (χ4n) is 2.11. The number of hydrogen-bond donors (Lipinski definition) is 1. The summed E-state index contributed by atoms with van der Waals surface area (Å²) < 4.78 is 0.857. The van der Waals surface area contributed by atoms with Crippen LogP contribution in [0.25, 0.3) is 0 Å². The van der Waals surface area contributed by atoms with Gasteiger partial charge in [-0.3, -0.25) is 9.59 Å². The molecule has 0 aromatic heterocycles. The van der Waals surface area contributed by atoms with Crippen LogP contribution in [-0.4, -0.2) is 28.8 Å². The van der Waals surface area contributed by atoms with Crippen molar-refractivity contribution in [2.24, 2.45) is 0 Å². The third-order valence-electron chi connectivity index (χ3n) is 3.15. The van der Waals surface area contributed by atoms with E-state index in [1.54, 1.807) is 4.90 Å². The van der Waals surface area contributed by atoms with Crippen LogP contribution in [0.5, 0.6) is 0 Å². The summed E-state index contributed by atoms with van der Waals surface area (Å²) in [7, 11) is 0. The van der Waals surface area contributed by atoms with E-state index in [-0.39, 0.29) is 23.8 Å². The molecule has 0 heterocycles. The Kier molecular flexibility index (Phi) is 5.96. The predicted molar refractivity (Wildman–Crippen MR) is 89.3 cm³/mol. The predicted octanol–water partition coefficient (Wildman–Crippen LogP) is 3.73. The Morgan fingerprint density at radius 3 is 2.38 bits per heavy atom. The van der Waals surface area contributed by atoms with E-state index in [2.05, 4.69) is 21.2 Å². The molecule has 2 amide bonds. The van der Waals surface area contributed by atoms with Gasteiger partial charge in [-0.05, 0) is 61.3 Å². The number of rotatable bonds is 4. The third kappa shape index (κ3) is 5.50. The molecule has 1 aromatic carbocycles. The van der Waals surface area contributed by atoms with E-state index in [1.165, 1.54) is 6.92 Å². The standard InChI is InChI=1S/C16H23BrN2O2/c1-11-6-7-14(13(17)10-11)18-15(21)8-9-19(12(2)20)16(3,4)5/h6-7,10H,8-9H2,1-5H3,(H,18,21). The van der Waals surface area contributed by atoms with Gasteiger partial charge < -0.3 is 10.2 Å². The molecule has 0 fully saturated rings. The number of carbonyl (C=O) groups is 2. The van der Waals surface area contributed by atoms with Crippen LogP contribution >= 0.6 is 15.9 Å². The molecule has 1 N–H and O–H groups in total. The zero-order chi connectivity index (χ0) is 16.2. The lowest BCUT2D eigenvalue weighted by Gasteiger charge is -2.34. The van der Waals surface area contributed by atoms with Gasteiger partial charge in [0.2, 0.25) is 11.8 Å². The maximum atomic E-state index is 12.0. The van der Waals surface area contributed by atoms with Crippen LogP contribution < -0.4 is 5.32 Å². The first-order valence-electron chi connectivity index (χ1n) is 6.95. The van der Waals surface area contributed by atoms with Gasteiger partial charge in [0, 0.05) is 29.9 Å². The number of hydrogen-bond acceptors (Lipinski definition) is 2. The molecular weight excluding hydrogens is 332 g/mol. The van der Waals surface area contributed by atoms with Crippen molar-refractivity contribution in [3.05, 3.63) is 28.2 Å². The first-order valence-corrected chi connectivity index (χ1v) is 7.75. The topological polar surface area (TPSA) is 49.4 Å². The minimum atomic E-state index is -0.281. The van der Waals surface area contributed by atoms with Crippen molar-refractivity contribution in [1.29, 1.82) is 0 Å². The third-order valence-corrected chi connectivity index (χ3v) is 3.81. The van der Waals surface area contributed by atoms with Crippen molar-refractivity contribution in [2.45, 2.75) is 46.6 Å². The van der Waals surface area contributed by atoms with Crippen LogP contribution in [0.15, 0.2) is 22.7 Å². The molecule has 5 heteroatoms. The van der Waals surface area contributed by atoms with E-state index >= 15 is 0 Å². The van der Waals surface area contributed by atoms with Gasteiger partial charge in [-0.25, -0.2) is 0 Å². The van der Waals surface area contributed by atoms with Crippen molar-refractivity contribution in [3.8, 4) is 0 Å². The van der Waals surface area contributed by atoms with Crippen molar-refractivity contribution < 1.29 is 9.59 Å². The summed E-state index contributed by atoms with van der Waals surface area (Å²) in [5.41, 5.74) is 1.59. The van der Waals surface area contributed by atoms with Crippen molar-refractivity contribution in [1.82, 2.24) is 4.90 Å². The average Bonchev–Trinajstić information content (AvgIpc) is 2.30. The molecule has 0 spiro atoms. The van der Waals surface area contributed by atoms with Gasteiger partial charge in [0.15, 0.2) is 0 Å². The molecule has 0 saturated heterocycles. The van der Waals surface area contributed by atoms with E-state index in [0.29, 0.717) is 6.54 Å². The van der Waals surface area contributed by atoms with E-state index in [9.17, 15) is 9.59 Å².